The Morgan fingerprint density at radius 2 is 1.68 bits per heavy atom. The molecule has 0 aromatic heterocycles. The predicted molar refractivity (Wildman–Crippen MR) is 114 cm³/mol. The second-order valence-corrected chi connectivity index (χ2v) is 8.02. The van der Waals surface area contributed by atoms with E-state index in [-0.39, 0.29) is 24.1 Å². The summed E-state index contributed by atoms with van der Waals surface area (Å²) in [5.74, 6) is -0.405. The number of hydrogen-bond donors (Lipinski definition) is 1. The molecule has 1 heterocycles. The Labute approximate surface area is 181 Å². The molecule has 31 heavy (non-hydrogen) atoms. The highest BCUT2D eigenvalue weighted by molar-refractivity contribution is 5.78. The third-order valence-electron chi connectivity index (χ3n) is 5.42. The summed E-state index contributed by atoms with van der Waals surface area (Å²) in [5, 5.41) is 3.14. The first kappa shape index (κ1) is 23.1. The highest BCUT2D eigenvalue weighted by Crippen LogP contribution is 2.23. The van der Waals surface area contributed by atoms with Crippen LogP contribution in [0.1, 0.15) is 36.8 Å². The Bertz CT molecular complexity index is 804. The van der Waals surface area contributed by atoms with Gasteiger partial charge in [0.1, 0.15) is 5.75 Å². The number of halogens is 3. The van der Waals surface area contributed by atoms with Crippen LogP contribution in [0.4, 0.5) is 13.2 Å². The summed E-state index contributed by atoms with van der Waals surface area (Å²) in [4.78, 5) is 15.0. The standard InChI is InChI=1S/C24H29F3N2O2/c25-24(26,27)31-22-13-11-20(12-14-22)17-23(30)28-21(18-29-15-4-5-16-29)10-6-9-19-7-2-1-3-8-19/h1-3,7-8,11-14,21H,4-6,9-10,15-18H2,(H,28,30). The Hall–Kier alpha value is -2.54. The first-order valence-electron chi connectivity index (χ1n) is 10.8. The van der Waals surface area contributed by atoms with E-state index in [1.54, 1.807) is 0 Å². The van der Waals surface area contributed by atoms with E-state index in [4.69, 9.17) is 0 Å². The minimum absolute atomic E-state index is 0.0575. The van der Waals surface area contributed by atoms with E-state index in [1.807, 2.05) is 18.2 Å². The molecular weight excluding hydrogens is 405 g/mol. The highest BCUT2D eigenvalue weighted by Gasteiger charge is 2.31. The lowest BCUT2D eigenvalue weighted by atomic mass is 10.0. The van der Waals surface area contributed by atoms with Crippen LogP contribution in [0.5, 0.6) is 5.75 Å². The number of likely N-dealkylation sites (tertiary alicyclic amines) is 1. The molecule has 2 aromatic carbocycles. The number of carbonyl (C=O) groups is 1. The van der Waals surface area contributed by atoms with Crippen molar-refractivity contribution < 1.29 is 22.7 Å². The van der Waals surface area contributed by atoms with Crippen LogP contribution in [-0.2, 0) is 17.6 Å². The molecule has 1 atom stereocenters. The van der Waals surface area contributed by atoms with Gasteiger partial charge in [-0.2, -0.15) is 0 Å². The highest BCUT2D eigenvalue weighted by atomic mass is 19.4. The molecule has 1 unspecified atom stereocenters. The lowest BCUT2D eigenvalue weighted by Crippen LogP contribution is -2.43. The van der Waals surface area contributed by atoms with E-state index in [2.05, 4.69) is 27.1 Å². The topological polar surface area (TPSA) is 41.6 Å². The number of hydrogen-bond acceptors (Lipinski definition) is 3. The van der Waals surface area contributed by atoms with Crippen molar-refractivity contribution in [3.05, 3.63) is 65.7 Å². The van der Waals surface area contributed by atoms with E-state index in [0.717, 1.165) is 38.9 Å². The number of carbonyl (C=O) groups excluding carboxylic acids is 1. The summed E-state index contributed by atoms with van der Waals surface area (Å²) in [5.41, 5.74) is 1.94. The summed E-state index contributed by atoms with van der Waals surface area (Å²) < 4.78 is 40.7. The molecule has 168 valence electrons. The zero-order valence-electron chi connectivity index (χ0n) is 17.5. The van der Waals surface area contributed by atoms with Gasteiger partial charge in [-0.1, -0.05) is 42.5 Å². The van der Waals surface area contributed by atoms with E-state index in [0.29, 0.717) is 5.56 Å². The normalized spacial score (nSPS) is 15.6. The Kier molecular flexibility index (Phi) is 8.35. The number of rotatable bonds is 10. The van der Waals surface area contributed by atoms with Crippen molar-refractivity contribution in [1.82, 2.24) is 10.2 Å². The summed E-state index contributed by atoms with van der Waals surface area (Å²) in [7, 11) is 0. The van der Waals surface area contributed by atoms with Gasteiger partial charge >= 0.3 is 6.36 Å². The lowest BCUT2D eigenvalue weighted by Gasteiger charge is -2.24. The summed E-state index contributed by atoms with van der Waals surface area (Å²) in [6, 6.07) is 15.8. The maximum absolute atomic E-state index is 12.6. The summed E-state index contributed by atoms with van der Waals surface area (Å²) >= 11 is 0. The van der Waals surface area contributed by atoms with Crippen molar-refractivity contribution >= 4 is 5.91 Å². The van der Waals surface area contributed by atoms with Gasteiger partial charge in [0.25, 0.3) is 0 Å². The molecule has 0 radical (unpaired) electrons. The second kappa shape index (κ2) is 11.2. The van der Waals surface area contributed by atoms with Crippen LogP contribution < -0.4 is 10.1 Å². The number of amides is 1. The van der Waals surface area contributed by atoms with E-state index < -0.39 is 6.36 Å². The second-order valence-electron chi connectivity index (χ2n) is 8.02. The van der Waals surface area contributed by atoms with Gasteiger partial charge in [0.15, 0.2) is 0 Å². The Morgan fingerprint density at radius 1 is 1.00 bits per heavy atom. The van der Waals surface area contributed by atoms with Crippen LogP contribution in [0.2, 0.25) is 0 Å². The summed E-state index contributed by atoms with van der Waals surface area (Å²) in [6.45, 7) is 2.95. The molecule has 0 bridgehead atoms. The largest absolute Gasteiger partial charge is 0.573 e. The van der Waals surface area contributed by atoms with Crippen molar-refractivity contribution in [2.24, 2.45) is 0 Å². The molecule has 7 heteroatoms. The van der Waals surface area contributed by atoms with Crippen molar-refractivity contribution in [3.8, 4) is 5.75 Å². The van der Waals surface area contributed by atoms with Gasteiger partial charge < -0.3 is 15.0 Å². The predicted octanol–water partition coefficient (Wildman–Crippen LogP) is 4.73. The first-order valence-corrected chi connectivity index (χ1v) is 10.8. The average molecular weight is 435 g/mol. The Morgan fingerprint density at radius 3 is 2.32 bits per heavy atom. The number of benzene rings is 2. The number of alkyl halides is 3. The summed E-state index contributed by atoms with van der Waals surface area (Å²) in [6.07, 6.45) is 0.618. The lowest BCUT2D eigenvalue weighted by molar-refractivity contribution is -0.274. The van der Waals surface area contributed by atoms with Crippen LogP contribution in [0.3, 0.4) is 0 Å². The smallest absolute Gasteiger partial charge is 0.406 e. The molecule has 3 rings (SSSR count). The molecular formula is C24H29F3N2O2. The van der Waals surface area contributed by atoms with Crippen molar-refractivity contribution in [1.29, 1.82) is 0 Å². The number of nitrogens with one attached hydrogen (secondary N) is 1. The van der Waals surface area contributed by atoms with Crippen LogP contribution in [0.15, 0.2) is 54.6 Å². The van der Waals surface area contributed by atoms with Gasteiger partial charge in [-0.25, -0.2) is 0 Å². The van der Waals surface area contributed by atoms with Crippen molar-refractivity contribution in [3.63, 3.8) is 0 Å². The molecule has 1 N–H and O–H groups in total. The molecule has 0 spiro atoms. The van der Waals surface area contributed by atoms with E-state index >= 15 is 0 Å². The SMILES string of the molecule is O=C(Cc1ccc(OC(F)(F)F)cc1)NC(CCCc1ccccc1)CN1CCCC1. The van der Waals surface area contributed by atoms with Crippen LogP contribution in [0.25, 0.3) is 0 Å². The third kappa shape index (κ3) is 8.61. The number of nitrogens with zero attached hydrogens (tertiary/aromatic N) is 1. The third-order valence-corrected chi connectivity index (χ3v) is 5.42. The number of ether oxygens (including phenoxy) is 1. The van der Waals surface area contributed by atoms with E-state index in [9.17, 15) is 18.0 Å². The number of aryl methyl sites for hydroxylation is 1. The van der Waals surface area contributed by atoms with Gasteiger partial charge in [-0.15, -0.1) is 13.2 Å². The van der Waals surface area contributed by atoms with Gasteiger partial charge in [0.05, 0.1) is 6.42 Å². The Balaban J connectivity index is 1.51. The quantitative estimate of drug-likeness (QED) is 0.588. The van der Waals surface area contributed by atoms with Crippen LogP contribution in [0, 0.1) is 0 Å². The molecule has 2 aromatic rings. The van der Waals surface area contributed by atoms with Crippen molar-refractivity contribution in [2.45, 2.75) is 50.9 Å². The monoisotopic (exact) mass is 434 g/mol. The molecule has 1 aliphatic rings. The fraction of sp³-hybridized carbons (Fsp3) is 0.458. The molecule has 0 aliphatic carbocycles. The maximum Gasteiger partial charge on any atom is 0.573 e. The minimum Gasteiger partial charge on any atom is -0.406 e. The average Bonchev–Trinajstić information content (AvgIpc) is 3.22. The van der Waals surface area contributed by atoms with Gasteiger partial charge in [0.2, 0.25) is 5.91 Å². The molecule has 4 nitrogen and oxygen atoms in total. The molecule has 0 saturated carbocycles. The fourth-order valence-corrected chi connectivity index (χ4v) is 3.96. The minimum atomic E-state index is -4.72. The van der Waals surface area contributed by atoms with Gasteiger partial charge in [-0.05, 0) is 68.5 Å². The van der Waals surface area contributed by atoms with Crippen LogP contribution >= 0.6 is 0 Å². The fourth-order valence-electron chi connectivity index (χ4n) is 3.96. The van der Waals surface area contributed by atoms with Gasteiger partial charge in [-0.3, -0.25) is 4.79 Å². The maximum atomic E-state index is 12.6. The molecule has 1 saturated heterocycles. The zero-order valence-corrected chi connectivity index (χ0v) is 17.5. The molecule has 1 fully saturated rings. The first-order chi connectivity index (χ1) is 14.9. The van der Waals surface area contributed by atoms with Crippen LogP contribution in [-0.4, -0.2) is 42.8 Å². The van der Waals surface area contributed by atoms with Crippen molar-refractivity contribution in [2.75, 3.05) is 19.6 Å². The van der Waals surface area contributed by atoms with Gasteiger partial charge in [0, 0.05) is 12.6 Å². The van der Waals surface area contributed by atoms with E-state index in [1.165, 1.54) is 42.7 Å². The molecule has 1 aliphatic heterocycles. The zero-order chi connectivity index (χ0) is 22.1. The molecule has 1 amide bonds.